The highest BCUT2D eigenvalue weighted by Gasteiger charge is 2.22. The van der Waals surface area contributed by atoms with Gasteiger partial charge in [-0.15, -0.1) is 22.9 Å². The molecule has 1 aromatic heterocycles. The number of rotatable bonds is 6. The molecular weight excluding hydrogens is 294 g/mol. The molecule has 0 atom stereocenters. The van der Waals surface area contributed by atoms with Crippen molar-refractivity contribution in [2.45, 2.75) is 31.7 Å². The highest BCUT2D eigenvalue weighted by Crippen LogP contribution is 2.14. The van der Waals surface area contributed by atoms with E-state index in [1.165, 1.54) is 5.01 Å². The molecule has 0 radical (unpaired) electrons. The van der Waals surface area contributed by atoms with E-state index in [0.717, 1.165) is 51.4 Å². The van der Waals surface area contributed by atoms with Gasteiger partial charge in [-0.1, -0.05) is 0 Å². The van der Waals surface area contributed by atoms with E-state index in [4.69, 9.17) is 11.6 Å². The summed E-state index contributed by atoms with van der Waals surface area (Å²) in [6.07, 6.45) is 1.01. The minimum absolute atomic E-state index is 0.506. The third-order valence-electron chi connectivity index (χ3n) is 3.45. The molecule has 0 saturated carbocycles. The number of hydrogen-bond acceptors (Lipinski definition) is 5. The number of aliphatic hydroxyl groups is 1. The minimum atomic E-state index is -0.596. The molecule has 20 heavy (non-hydrogen) atoms. The predicted octanol–water partition coefficient (Wildman–Crippen LogP) is 1.81. The lowest BCUT2D eigenvalue weighted by molar-refractivity contribution is 0.0180. The molecule has 2 heterocycles. The van der Waals surface area contributed by atoms with Crippen molar-refractivity contribution in [3.63, 3.8) is 0 Å². The molecule has 4 nitrogen and oxygen atoms in total. The Labute approximate surface area is 130 Å². The van der Waals surface area contributed by atoms with Crippen molar-refractivity contribution in [1.29, 1.82) is 0 Å². The van der Waals surface area contributed by atoms with Gasteiger partial charge in [-0.05, 0) is 13.8 Å². The highest BCUT2D eigenvalue weighted by molar-refractivity contribution is 7.09. The van der Waals surface area contributed by atoms with Crippen LogP contribution in [-0.4, -0.2) is 64.8 Å². The summed E-state index contributed by atoms with van der Waals surface area (Å²) in [6.45, 7) is 9.78. The third-order valence-corrected chi connectivity index (χ3v) is 4.68. The van der Waals surface area contributed by atoms with E-state index in [1.807, 2.05) is 19.2 Å². The maximum absolute atomic E-state index is 9.84. The Morgan fingerprint density at radius 1 is 1.30 bits per heavy atom. The fraction of sp³-hybridized carbons (Fsp3) is 0.786. The smallest absolute Gasteiger partial charge is 0.0941 e. The summed E-state index contributed by atoms with van der Waals surface area (Å²) in [5, 5.41) is 13.1. The van der Waals surface area contributed by atoms with Crippen LogP contribution in [0.5, 0.6) is 0 Å². The molecule has 1 aliphatic heterocycles. The molecular formula is C14H24ClN3OS. The highest BCUT2D eigenvalue weighted by atomic mass is 35.5. The van der Waals surface area contributed by atoms with Crippen LogP contribution in [-0.2, 0) is 12.3 Å². The number of hydrogen-bond donors (Lipinski definition) is 1. The van der Waals surface area contributed by atoms with Gasteiger partial charge in [0.2, 0.25) is 0 Å². The molecule has 1 N–H and O–H groups in total. The molecule has 0 aromatic carbocycles. The van der Waals surface area contributed by atoms with Gasteiger partial charge < -0.3 is 10.0 Å². The lowest BCUT2D eigenvalue weighted by atomic mass is 10.1. The molecule has 0 unspecified atom stereocenters. The maximum atomic E-state index is 9.84. The number of β-amino-alcohol motifs (C(OH)–C–C–N with tert-alkyl or cyclic N) is 1. The zero-order valence-corrected chi connectivity index (χ0v) is 13.9. The van der Waals surface area contributed by atoms with Crippen molar-refractivity contribution in [2.24, 2.45) is 0 Å². The number of halogens is 1. The van der Waals surface area contributed by atoms with Crippen molar-refractivity contribution in [3.05, 3.63) is 16.1 Å². The largest absolute Gasteiger partial charge is 0.389 e. The summed E-state index contributed by atoms with van der Waals surface area (Å²) in [7, 11) is 0. The number of thiazole rings is 1. The normalized spacial score (nSPS) is 18.6. The summed E-state index contributed by atoms with van der Waals surface area (Å²) in [4.78, 5) is 9.31. The van der Waals surface area contributed by atoms with Crippen molar-refractivity contribution >= 4 is 22.9 Å². The first-order valence-electron chi connectivity index (χ1n) is 7.12. The predicted molar refractivity (Wildman–Crippen MR) is 84.6 cm³/mol. The summed E-state index contributed by atoms with van der Waals surface area (Å²) in [6, 6.07) is 0. The first-order chi connectivity index (χ1) is 9.46. The van der Waals surface area contributed by atoms with Gasteiger partial charge in [-0.2, -0.15) is 0 Å². The van der Waals surface area contributed by atoms with Crippen molar-refractivity contribution in [1.82, 2.24) is 14.8 Å². The second kappa shape index (κ2) is 7.18. The standard InChI is InChI=1S/C14H24ClN3OS/c1-14(2,19)11-18-7-5-17(6-8-18)4-3-13-16-12(9-15)10-20-13/h10,19H,3-9,11H2,1-2H3. The molecule has 0 amide bonds. The Bertz CT molecular complexity index is 411. The van der Waals surface area contributed by atoms with Crippen molar-refractivity contribution in [3.8, 4) is 0 Å². The second-order valence-electron chi connectivity index (χ2n) is 6.05. The fourth-order valence-electron chi connectivity index (χ4n) is 2.50. The zero-order valence-electron chi connectivity index (χ0n) is 12.3. The van der Waals surface area contributed by atoms with Crippen molar-refractivity contribution < 1.29 is 5.11 Å². The molecule has 1 saturated heterocycles. The van der Waals surface area contributed by atoms with E-state index in [1.54, 1.807) is 11.3 Å². The van der Waals surface area contributed by atoms with Crippen LogP contribution < -0.4 is 0 Å². The maximum Gasteiger partial charge on any atom is 0.0941 e. The number of piperazine rings is 1. The van der Waals surface area contributed by atoms with Gasteiger partial charge in [-0.25, -0.2) is 4.98 Å². The minimum Gasteiger partial charge on any atom is -0.389 e. The first kappa shape index (κ1) is 16.2. The van der Waals surface area contributed by atoms with Gasteiger partial charge in [0.1, 0.15) is 0 Å². The molecule has 1 aliphatic rings. The number of alkyl halides is 1. The van der Waals surface area contributed by atoms with Crippen LogP contribution in [0.1, 0.15) is 24.5 Å². The first-order valence-corrected chi connectivity index (χ1v) is 8.54. The van der Waals surface area contributed by atoms with Gasteiger partial charge in [-0.3, -0.25) is 4.90 Å². The summed E-state index contributed by atoms with van der Waals surface area (Å²) < 4.78 is 0. The van der Waals surface area contributed by atoms with E-state index >= 15 is 0 Å². The average Bonchev–Trinajstić information content (AvgIpc) is 2.84. The number of aromatic nitrogens is 1. The lowest BCUT2D eigenvalue weighted by Crippen LogP contribution is -2.50. The monoisotopic (exact) mass is 317 g/mol. The Hall–Kier alpha value is -0.200. The molecule has 2 rings (SSSR count). The Kier molecular flexibility index (Phi) is 5.81. The lowest BCUT2D eigenvalue weighted by Gasteiger charge is -2.37. The van der Waals surface area contributed by atoms with Crippen LogP contribution in [0.4, 0.5) is 0 Å². The molecule has 0 spiro atoms. The molecule has 1 fully saturated rings. The van der Waals surface area contributed by atoms with Gasteiger partial charge >= 0.3 is 0 Å². The molecule has 0 bridgehead atoms. The number of nitrogens with zero attached hydrogens (tertiary/aromatic N) is 3. The fourth-order valence-corrected chi connectivity index (χ4v) is 3.51. The average molecular weight is 318 g/mol. The van der Waals surface area contributed by atoms with Crippen LogP contribution in [0.25, 0.3) is 0 Å². The zero-order chi connectivity index (χ0) is 14.6. The van der Waals surface area contributed by atoms with Gasteiger partial charge in [0.15, 0.2) is 0 Å². The molecule has 0 aliphatic carbocycles. The van der Waals surface area contributed by atoms with E-state index in [0.29, 0.717) is 5.88 Å². The van der Waals surface area contributed by atoms with E-state index in [2.05, 4.69) is 14.8 Å². The van der Waals surface area contributed by atoms with Crippen LogP contribution in [0.15, 0.2) is 5.38 Å². The van der Waals surface area contributed by atoms with Gasteiger partial charge in [0, 0.05) is 51.1 Å². The van der Waals surface area contributed by atoms with Crippen LogP contribution in [0.2, 0.25) is 0 Å². The summed E-state index contributed by atoms with van der Waals surface area (Å²) in [5.41, 5.74) is 0.391. The van der Waals surface area contributed by atoms with Crippen LogP contribution in [0, 0.1) is 0 Å². The van der Waals surface area contributed by atoms with Crippen molar-refractivity contribution in [2.75, 3.05) is 39.3 Å². The van der Waals surface area contributed by atoms with Crippen LogP contribution in [0.3, 0.4) is 0 Å². The van der Waals surface area contributed by atoms with E-state index < -0.39 is 5.60 Å². The van der Waals surface area contributed by atoms with E-state index in [-0.39, 0.29) is 0 Å². The SMILES string of the molecule is CC(C)(O)CN1CCN(CCc2nc(CCl)cs2)CC1. The van der Waals surface area contributed by atoms with Crippen LogP contribution >= 0.6 is 22.9 Å². The van der Waals surface area contributed by atoms with Gasteiger partial charge in [0.05, 0.1) is 22.2 Å². The molecule has 114 valence electrons. The van der Waals surface area contributed by atoms with Gasteiger partial charge in [0.25, 0.3) is 0 Å². The third kappa shape index (κ3) is 5.30. The molecule has 6 heteroatoms. The summed E-state index contributed by atoms with van der Waals surface area (Å²) in [5.74, 6) is 0.506. The topological polar surface area (TPSA) is 39.6 Å². The Morgan fingerprint density at radius 2 is 1.95 bits per heavy atom. The summed E-state index contributed by atoms with van der Waals surface area (Å²) >= 11 is 7.47. The molecule has 1 aromatic rings. The van der Waals surface area contributed by atoms with E-state index in [9.17, 15) is 5.11 Å². The second-order valence-corrected chi connectivity index (χ2v) is 7.26. The quantitative estimate of drug-likeness (QED) is 0.812. The Morgan fingerprint density at radius 3 is 2.50 bits per heavy atom. The Balaban J connectivity index is 1.69.